The Balaban J connectivity index is 1.98. The second-order valence-electron chi connectivity index (χ2n) is 5.61. The van der Waals surface area contributed by atoms with Crippen molar-refractivity contribution in [3.8, 4) is 5.75 Å². The van der Waals surface area contributed by atoms with E-state index in [1.807, 2.05) is 32.0 Å². The minimum atomic E-state index is -0.422. The van der Waals surface area contributed by atoms with Crippen LogP contribution in [0.1, 0.15) is 36.1 Å². The van der Waals surface area contributed by atoms with Crippen LogP contribution in [0.25, 0.3) is 10.9 Å². The lowest BCUT2D eigenvalue weighted by atomic mass is 9.94. The van der Waals surface area contributed by atoms with Crippen LogP contribution in [-0.4, -0.2) is 21.0 Å². The zero-order valence-electron chi connectivity index (χ0n) is 12.9. The van der Waals surface area contributed by atoms with Crippen LogP contribution in [0.15, 0.2) is 47.3 Å². The van der Waals surface area contributed by atoms with Crippen LogP contribution in [0.3, 0.4) is 0 Å². The van der Waals surface area contributed by atoms with Crippen LogP contribution in [0, 0.1) is 5.92 Å². The van der Waals surface area contributed by atoms with Crippen molar-refractivity contribution in [3.63, 3.8) is 0 Å². The van der Waals surface area contributed by atoms with Gasteiger partial charge >= 0.3 is 5.91 Å². The molecule has 1 aromatic carbocycles. The van der Waals surface area contributed by atoms with Crippen molar-refractivity contribution < 1.29 is 14.3 Å². The molecule has 118 valence electrons. The van der Waals surface area contributed by atoms with Crippen LogP contribution in [0.2, 0.25) is 0 Å². The number of nitrogens with one attached hydrogen (secondary N) is 1. The van der Waals surface area contributed by atoms with E-state index in [4.69, 9.17) is 4.42 Å². The molecule has 0 spiro atoms. The summed E-state index contributed by atoms with van der Waals surface area (Å²) in [5, 5.41) is 14.3. The minimum Gasteiger partial charge on any atom is -0.505 e. The van der Waals surface area contributed by atoms with Crippen molar-refractivity contribution in [2.45, 2.75) is 19.9 Å². The van der Waals surface area contributed by atoms with Gasteiger partial charge in [0.05, 0.1) is 12.2 Å². The maximum Gasteiger partial charge on any atom is 0.307 e. The molecule has 1 atom stereocenters. The molecule has 2 aromatic heterocycles. The number of hydrogen-bond donors (Lipinski definition) is 2. The Morgan fingerprint density at radius 2 is 2.04 bits per heavy atom. The van der Waals surface area contributed by atoms with Crippen molar-refractivity contribution in [1.29, 1.82) is 0 Å². The van der Waals surface area contributed by atoms with Gasteiger partial charge in [0.2, 0.25) is 0 Å². The summed E-state index contributed by atoms with van der Waals surface area (Å²) >= 11 is 0. The third-order valence-corrected chi connectivity index (χ3v) is 3.69. The summed E-state index contributed by atoms with van der Waals surface area (Å²) in [6.07, 6.45) is 4.38. The number of rotatable bonds is 4. The van der Waals surface area contributed by atoms with Crippen LogP contribution in [0.4, 0.5) is 0 Å². The highest BCUT2D eigenvalue weighted by Crippen LogP contribution is 2.34. The Morgan fingerprint density at radius 1 is 1.22 bits per heavy atom. The molecule has 2 N–H and O–H groups in total. The van der Waals surface area contributed by atoms with Gasteiger partial charge in [0.25, 0.3) is 5.89 Å². The SMILES string of the molecule is CC(C)C(NC(=O)c1ncco1)c1ccc2cccnc2c1O. The number of hydrogen-bond acceptors (Lipinski definition) is 5. The normalized spacial score (nSPS) is 12.5. The average molecular weight is 311 g/mol. The summed E-state index contributed by atoms with van der Waals surface area (Å²) in [7, 11) is 0. The Bertz CT molecular complexity index is 828. The van der Waals surface area contributed by atoms with Crippen molar-refractivity contribution in [2.24, 2.45) is 5.92 Å². The molecule has 1 amide bonds. The van der Waals surface area contributed by atoms with E-state index < -0.39 is 5.91 Å². The molecule has 6 nitrogen and oxygen atoms in total. The highest BCUT2D eigenvalue weighted by Gasteiger charge is 2.24. The van der Waals surface area contributed by atoms with E-state index >= 15 is 0 Å². The molecular formula is C17H17N3O3. The molecule has 0 aliphatic rings. The molecule has 0 saturated carbocycles. The Labute approximate surface area is 133 Å². The zero-order chi connectivity index (χ0) is 16.4. The molecule has 0 saturated heterocycles. The van der Waals surface area contributed by atoms with E-state index in [1.165, 1.54) is 12.5 Å². The van der Waals surface area contributed by atoms with Crippen LogP contribution in [0.5, 0.6) is 5.75 Å². The number of carbonyl (C=O) groups is 1. The summed E-state index contributed by atoms with van der Waals surface area (Å²) in [5.41, 5.74) is 1.13. The number of carbonyl (C=O) groups excluding carboxylic acids is 1. The first kappa shape index (κ1) is 15.0. The quantitative estimate of drug-likeness (QED) is 0.773. The number of aromatic hydroxyl groups is 1. The lowest BCUT2D eigenvalue weighted by Crippen LogP contribution is -2.32. The highest BCUT2D eigenvalue weighted by atomic mass is 16.3. The van der Waals surface area contributed by atoms with Crippen molar-refractivity contribution in [2.75, 3.05) is 0 Å². The minimum absolute atomic E-state index is 0.00551. The van der Waals surface area contributed by atoms with Gasteiger partial charge in [-0.3, -0.25) is 9.78 Å². The number of phenols is 1. The largest absolute Gasteiger partial charge is 0.505 e. The smallest absolute Gasteiger partial charge is 0.307 e. The molecule has 1 unspecified atom stereocenters. The fourth-order valence-electron chi connectivity index (χ4n) is 2.54. The fourth-order valence-corrected chi connectivity index (χ4v) is 2.54. The Morgan fingerprint density at radius 3 is 2.74 bits per heavy atom. The van der Waals surface area contributed by atoms with Crippen molar-refractivity contribution in [3.05, 3.63) is 54.4 Å². The number of pyridine rings is 1. The van der Waals surface area contributed by atoms with E-state index in [1.54, 1.807) is 12.3 Å². The number of benzene rings is 1. The lowest BCUT2D eigenvalue weighted by molar-refractivity contribution is 0.0890. The second-order valence-corrected chi connectivity index (χ2v) is 5.61. The first-order chi connectivity index (χ1) is 11.1. The molecule has 6 heteroatoms. The van der Waals surface area contributed by atoms with Gasteiger partial charge in [-0.2, -0.15) is 0 Å². The van der Waals surface area contributed by atoms with E-state index in [-0.39, 0.29) is 23.6 Å². The molecule has 3 aromatic rings. The van der Waals surface area contributed by atoms with Crippen molar-refractivity contribution >= 4 is 16.8 Å². The van der Waals surface area contributed by atoms with E-state index in [9.17, 15) is 9.90 Å². The number of oxazole rings is 1. The van der Waals surface area contributed by atoms with Gasteiger partial charge in [-0.1, -0.05) is 32.0 Å². The molecule has 0 aliphatic heterocycles. The predicted octanol–water partition coefficient (Wildman–Crippen LogP) is 3.06. The molecule has 3 rings (SSSR count). The summed E-state index contributed by atoms with van der Waals surface area (Å²) < 4.78 is 5.01. The van der Waals surface area contributed by atoms with Crippen LogP contribution >= 0.6 is 0 Å². The predicted molar refractivity (Wildman–Crippen MR) is 85.0 cm³/mol. The van der Waals surface area contributed by atoms with Gasteiger partial charge in [0, 0.05) is 17.1 Å². The van der Waals surface area contributed by atoms with Gasteiger partial charge in [0.15, 0.2) is 0 Å². The molecular weight excluding hydrogens is 294 g/mol. The molecule has 23 heavy (non-hydrogen) atoms. The summed E-state index contributed by atoms with van der Waals surface area (Å²) in [6, 6.07) is 6.98. The number of aromatic nitrogens is 2. The summed E-state index contributed by atoms with van der Waals surface area (Å²) in [4.78, 5) is 20.3. The zero-order valence-corrected chi connectivity index (χ0v) is 12.9. The first-order valence-corrected chi connectivity index (χ1v) is 7.35. The molecule has 0 radical (unpaired) electrons. The number of nitrogens with zero attached hydrogens (tertiary/aromatic N) is 2. The summed E-state index contributed by atoms with van der Waals surface area (Å²) in [5.74, 6) is -0.293. The third kappa shape index (κ3) is 2.88. The van der Waals surface area contributed by atoms with Crippen LogP contribution in [-0.2, 0) is 0 Å². The Hall–Kier alpha value is -2.89. The van der Waals surface area contributed by atoms with Gasteiger partial charge < -0.3 is 14.8 Å². The van der Waals surface area contributed by atoms with E-state index in [0.717, 1.165) is 5.39 Å². The van der Waals surface area contributed by atoms with Gasteiger partial charge in [-0.15, -0.1) is 0 Å². The number of phenolic OH excluding ortho intramolecular Hbond substituents is 1. The number of amides is 1. The number of fused-ring (bicyclic) bond motifs is 1. The van der Waals surface area contributed by atoms with Crippen molar-refractivity contribution in [1.82, 2.24) is 15.3 Å². The maximum absolute atomic E-state index is 12.2. The van der Waals surface area contributed by atoms with E-state index in [0.29, 0.717) is 11.1 Å². The standard InChI is InChI=1S/C17H17N3O3/c1-10(2)13(20-16(22)17-19-8-9-23-17)12-6-5-11-4-3-7-18-14(11)15(12)21/h3-10,13,21H,1-2H3,(H,20,22). The summed E-state index contributed by atoms with van der Waals surface area (Å²) in [6.45, 7) is 3.92. The average Bonchev–Trinajstić information content (AvgIpc) is 3.08. The molecule has 2 heterocycles. The Kier molecular flexibility index (Phi) is 3.97. The topological polar surface area (TPSA) is 88.3 Å². The van der Waals surface area contributed by atoms with Gasteiger partial charge in [-0.05, 0) is 12.0 Å². The third-order valence-electron chi connectivity index (χ3n) is 3.69. The maximum atomic E-state index is 12.2. The van der Waals surface area contributed by atoms with Crippen LogP contribution < -0.4 is 5.32 Å². The van der Waals surface area contributed by atoms with Gasteiger partial charge in [0.1, 0.15) is 17.5 Å². The molecule has 0 fully saturated rings. The first-order valence-electron chi connectivity index (χ1n) is 7.35. The van der Waals surface area contributed by atoms with Gasteiger partial charge in [-0.25, -0.2) is 4.98 Å². The highest BCUT2D eigenvalue weighted by molar-refractivity contribution is 5.90. The molecule has 0 bridgehead atoms. The monoisotopic (exact) mass is 311 g/mol. The molecule has 0 aliphatic carbocycles. The van der Waals surface area contributed by atoms with E-state index in [2.05, 4.69) is 15.3 Å². The lowest BCUT2D eigenvalue weighted by Gasteiger charge is -2.23. The fraction of sp³-hybridized carbons (Fsp3) is 0.235. The second kappa shape index (κ2) is 6.08.